The van der Waals surface area contributed by atoms with E-state index in [9.17, 15) is 9.59 Å². The molecule has 0 bridgehead atoms. The van der Waals surface area contributed by atoms with Gasteiger partial charge in [0.25, 0.3) is 11.5 Å². The van der Waals surface area contributed by atoms with Crippen LogP contribution in [0.3, 0.4) is 0 Å². The van der Waals surface area contributed by atoms with Crippen LogP contribution in [0.1, 0.15) is 19.3 Å². The zero-order valence-corrected chi connectivity index (χ0v) is 11.8. The molecule has 1 saturated heterocycles. The highest BCUT2D eigenvalue weighted by atomic mass is 16.2. The zero-order valence-electron chi connectivity index (χ0n) is 11.8. The van der Waals surface area contributed by atoms with E-state index in [0.717, 1.165) is 25.9 Å². The van der Waals surface area contributed by atoms with E-state index in [0.29, 0.717) is 10.9 Å². The third-order valence-electron chi connectivity index (χ3n) is 3.68. The van der Waals surface area contributed by atoms with Crippen LogP contribution in [0.25, 0.3) is 10.9 Å². The van der Waals surface area contributed by atoms with Crippen LogP contribution in [0.4, 0.5) is 0 Å². The van der Waals surface area contributed by atoms with Gasteiger partial charge in [0.1, 0.15) is 6.54 Å². The van der Waals surface area contributed by atoms with Gasteiger partial charge >= 0.3 is 0 Å². The smallest absolute Gasteiger partial charge is 0.261 e. The Hall–Kier alpha value is -2.21. The first-order chi connectivity index (χ1) is 10.2. The Morgan fingerprint density at radius 1 is 1.19 bits per heavy atom. The summed E-state index contributed by atoms with van der Waals surface area (Å²) < 4.78 is 1.35. The van der Waals surface area contributed by atoms with Crippen molar-refractivity contribution in [2.45, 2.75) is 25.8 Å². The molecule has 0 unspecified atom stereocenters. The number of hydrogen-bond acceptors (Lipinski definition) is 4. The summed E-state index contributed by atoms with van der Waals surface area (Å²) in [5.41, 5.74) is 3.31. The molecule has 1 aromatic heterocycles. The van der Waals surface area contributed by atoms with E-state index in [-0.39, 0.29) is 18.0 Å². The molecule has 1 aliphatic heterocycles. The number of nitrogens with zero attached hydrogens (tertiary/aromatic N) is 3. The molecule has 0 atom stereocenters. The number of fused-ring (bicyclic) bond motifs is 1. The minimum atomic E-state index is -0.186. The molecule has 0 radical (unpaired) electrons. The summed E-state index contributed by atoms with van der Waals surface area (Å²) >= 11 is 0. The number of rotatable bonds is 3. The Morgan fingerprint density at radius 2 is 1.95 bits per heavy atom. The van der Waals surface area contributed by atoms with Gasteiger partial charge in [-0.3, -0.25) is 19.6 Å². The van der Waals surface area contributed by atoms with E-state index < -0.39 is 0 Å². The van der Waals surface area contributed by atoms with E-state index in [1.807, 2.05) is 11.1 Å². The fourth-order valence-electron chi connectivity index (χ4n) is 2.59. The quantitative estimate of drug-likeness (QED) is 0.911. The van der Waals surface area contributed by atoms with Gasteiger partial charge in [-0.1, -0.05) is 18.6 Å². The highest BCUT2D eigenvalue weighted by Gasteiger charge is 2.14. The van der Waals surface area contributed by atoms with E-state index in [1.54, 1.807) is 18.2 Å². The highest BCUT2D eigenvalue weighted by Crippen LogP contribution is 2.06. The molecule has 0 saturated carbocycles. The normalized spacial score (nSPS) is 16.0. The number of carbonyl (C=O) groups excluding carboxylic acids is 1. The maximum Gasteiger partial charge on any atom is 0.261 e. The standard InChI is InChI=1S/C15H18N4O2/c20-14(17-19-8-4-1-5-9-19)10-18-11-16-13-7-3-2-6-12(13)15(18)21/h2-3,6-7,11H,1,4-5,8-10H2,(H,17,20). The maximum atomic E-state index is 12.3. The van der Waals surface area contributed by atoms with Gasteiger partial charge in [-0.05, 0) is 25.0 Å². The number of para-hydroxylation sites is 1. The van der Waals surface area contributed by atoms with Crippen molar-refractivity contribution in [3.63, 3.8) is 0 Å². The lowest BCUT2D eigenvalue weighted by atomic mass is 10.2. The number of aromatic nitrogens is 2. The lowest BCUT2D eigenvalue weighted by molar-refractivity contribution is -0.127. The highest BCUT2D eigenvalue weighted by molar-refractivity contribution is 5.78. The van der Waals surface area contributed by atoms with Gasteiger partial charge < -0.3 is 0 Å². The van der Waals surface area contributed by atoms with Gasteiger partial charge in [0.05, 0.1) is 17.2 Å². The molecular formula is C15H18N4O2. The molecule has 6 nitrogen and oxygen atoms in total. The third-order valence-corrected chi connectivity index (χ3v) is 3.68. The SMILES string of the molecule is O=C(Cn1cnc2ccccc2c1=O)NN1CCCCC1. The van der Waals surface area contributed by atoms with Gasteiger partial charge in [0.15, 0.2) is 0 Å². The van der Waals surface area contributed by atoms with Crippen molar-refractivity contribution in [1.82, 2.24) is 20.0 Å². The Bertz CT molecular complexity index is 704. The monoisotopic (exact) mass is 286 g/mol. The predicted molar refractivity (Wildman–Crippen MR) is 79.6 cm³/mol. The lowest BCUT2D eigenvalue weighted by Crippen LogP contribution is -2.46. The number of benzene rings is 1. The average Bonchev–Trinajstić information content (AvgIpc) is 2.51. The Labute approximate surface area is 122 Å². The summed E-state index contributed by atoms with van der Waals surface area (Å²) in [5, 5.41) is 2.46. The molecule has 110 valence electrons. The van der Waals surface area contributed by atoms with Crippen LogP contribution in [0, 0.1) is 0 Å². The molecule has 0 spiro atoms. The Morgan fingerprint density at radius 3 is 2.76 bits per heavy atom. The topological polar surface area (TPSA) is 67.2 Å². The van der Waals surface area contributed by atoms with Crippen molar-refractivity contribution < 1.29 is 4.79 Å². The molecule has 2 aromatic rings. The van der Waals surface area contributed by atoms with Crippen LogP contribution in [-0.2, 0) is 11.3 Å². The van der Waals surface area contributed by atoms with Crippen molar-refractivity contribution in [3.05, 3.63) is 40.9 Å². The summed E-state index contributed by atoms with van der Waals surface area (Å²) in [6, 6.07) is 7.14. The fourth-order valence-corrected chi connectivity index (χ4v) is 2.59. The van der Waals surface area contributed by atoms with Crippen molar-refractivity contribution in [1.29, 1.82) is 0 Å². The fraction of sp³-hybridized carbons (Fsp3) is 0.400. The summed E-state index contributed by atoms with van der Waals surface area (Å²) in [7, 11) is 0. The minimum Gasteiger partial charge on any atom is -0.289 e. The van der Waals surface area contributed by atoms with Crippen LogP contribution in [0.5, 0.6) is 0 Å². The average molecular weight is 286 g/mol. The Balaban J connectivity index is 1.73. The van der Waals surface area contributed by atoms with Crippen molar-refractivity contribution in [2.24, 2.45) is 0 Å². The van der Waals surface area contributed by atoms with E-state index in [4.69, 9.17) is 0 Å². The number of hydrogen-bond donors (Lipinski definition) is 1. The van der Waals surface area contributed by atoms with E-state index in [2.05, 4.69) is 10.4 Å². The van der Waals surface area contributed by atoms with Crippen molar-refractivity contribution >= 4 is 16.8 Å². The molecule has 0 aliphatic carbocycles. The third kappa shape index (κ3) is 3.11. The van der Waals surface area contributed by atoms with Gasteiger partial charge in [-0.2, -0.15) is 0 Å². The molecule has 1 fully saturated rings. The number of hydrazine groups is 1. The lowest BCUT2D eigenvalue weighted by Gasteiger charge is -2.26. The zero-order chi connectivity index (χ0) is 14.7. The first-order valence-corrected chi connectivity index (χ1v) is 7.23. The van der Waals surface area contributed by atoms with E-state index >= 15 is 0 Å². The molecule has 6 heteroatoms. The first-order valence-electron chi connectivity index (χ1n) is 7.23. The van der Waals surface area contributed by atoms with Crippen LogP contribution in [0.2, 0.25) is 0 Å². The van der Waals surface area contributed by atoms with Gasteiger partial charge in [-0.25, -0.2) is 9.99 Å². The molecule has 3 rings (SSSR count). The number of piperidine rings is 1. The second kappa shape index (κ2) is 6.05. The molecule has 2 heterocycles. The maximum absolute atomic E-state index is 12.3. The van der Waals surface area contributed by atoms with E-state index in [1.165, 1.54) is 17.3 Å². The van der Waals surface area contributed by atoms with Gasteiger partial charge in [0, 0.05) is 13.1 Å². The van der Waals surface area contributed by atoms with Crippen LogP contribution in [0.15, 0.2) is 35.4 Å². The molecule has 21 heavy (non-hydrogen) atoms. The minimum absolute atomic E-state index is 0.00678. The first kappa shape index (κ1) is 13.8. The summed E-state index contributed by atoms with van der Waals surface area (Å²) in [6.07, 6.45) is 4.83. The molecule has 1 aromatic carbocycles. The number of carbonyl (C=O) groups is 1. The molecule has 1 N–H and O–H groups in total. The Kier molecular flexibility index (Phi) is 3.96. The summed E-state index contributed by atoms with van der Waals surface area (Å²) in [4.78, 5) is 28.5. The summed E-state index contributed by atoms with van der Waals surface area (Å²) in [5.74, 6) is -0.184. The molecule has 1 aliphatic rings. The molecule has 1 amide bonds. The second-order valence-electron chi connectivity index (χ2n) is 5.28. The molecular weight excluding hydrogens is 268 g/mol. The largest absolute Gasteiger partial charge is 0.289 e. The van der Waals surface area contributed by atoms with Crippen molar-refractivity contribution in [3.8, 4) is 0 Å². The van der Waals surface area contributed by atoms with Crippen LogP contribution in [-0.4, -0.2) is 33.6 Å². The predicted octanol–water partition coefficient (Wildman–Crippen LogP) is 0.914. The second-order valence-corrected chi connectivity index (χ2v) is 5.28. The summed E-state index contributed by atoms with van der Waals surface area (Å²) in [6.45, 7) is 1.74. The number of amides is 1. The van der Waals surface area contributed by atoms with Crippen molar-refractivity contribution in [2.75, 3.05) is 13.1 Å². The van der Waals surface area contributed by atoms with Crippen LogP contribution >= 0.6 is 0 Å². The van der Waals surface area contributed by atoms with Crippen LogP contribution < -0.4 is 11.0 Å². The van der Waals surface area contributed by atoms with Gasteiger partial charge in [-0.15, -0.1) is 0 Å². The van der Waals surface area contributed by atoms with Gasteiger partial charge in [0.2, 0.25) is 0 Å². The number of nitrogens with one attached hydrogen (secondary N) is 1.